The summed E-state index contributed by atoms with van der Waals surface area (Å²) < 4.78 is 0. The van der Waals surface area contributed by atoms with Gasteiger partial charge in [-0.2, -0.15) is 0 Å². The van der Waals surface area contributed by atoms with E-state index in [1.54, 1.807) is 6.07 Å². The molecule has 0 unspecified atom stereocenters. The van der Waals surface area contributed by atoms with Crippen molar-refractivity contribution in [2.75, 3.05) is 26.7 Å². The van der Waals surface area contributed by atoms with Crippen LogP contribution in [0, 0.1) is 0 Å². The summed E-state index contributed by atoms with van der Waals surface area (Å²) in [4.78, 5) is 15.0. The third-order valence-corrected chi connectivity index (χ3v) is 4.33. The van der Waals surface area contributed by atoms with Gasteiger partial charge in [0.25, 0.3) is 0 Å². The number of benzene rings is 1. The summed E-state index contributed by atoms with van der Waals surface area (Å²) in [6.45, 7) is 2.85. The van der Waals surface area contributed by atoms with Gasteiger partial charge in [0.1, 0.15) is 0 Å². The highest BCUT2D eigenvalue weighted by atomic mass is 35.5. The maximum absolute atomic E-state index is 10.7. The number of likely N-dealkylation sites (N-methyl/N-ethyl adjacent to an activating group) is 1. The van der Waals surface area contributed by atoms with Gasteiger partial charge in [0.2, 0.25) is 0 Å². The van der Waals surface area contributed by atoms with E-state index in [0.29, 0.717) is 16.1 Å². The van der Waals surface area contributed by atoms with Gasteiger partial charge < -0.3 is 5.11 Å². The van der Waals surface area contributed by atoms with Gasteiger partial charge in [0.05, 0.1) is 6.54 Å². The molecule has 0 bridgehead atoms. The van der Waals surface area contributed by atoms with Crippen molar-refractivity contribution in [3.05, 3.63) is 33.8 Å². The van der Waals surface area contributed by atoms with Gasteiger partial charge in [-0.15, -0.1) is 0 Å². The van der Waals surface area contributed by atoms with Crippen LogP contribution in [-0.2, 0) is 11.3 Å². The molecule has 0 radical (unpaired) electrons. The molecule has 1 aromatic carbocycles. The lowest BCUT2D eigenvalue weighted by molar-refractivity contribution is -0.138. The molecule has 0 aromatic heterocycles. The fourth-order valence-corrected chi connectivity index (χ4v) is 3.39. The van der Waals surface area contributed by atoms with E-state index in [-0.39, 0.29) is 6.54 Å². The number of piperidine rings is 1. The van der Waals surface area contributed by atoms with Gasteiger partial charge >= 0.3 is 5.97 Å². The molecule has 116 valence electrons. The van der Waals surface area contributed by atoms with Crippen molar-refractivity contribution < 1.29 is 9.90 Å². The zero-order valence-electron chi connectivity index (χ0n) is 12.1. The van der Waals surface area contributed by atoms with Crippen molar-refractivity contribution in [2.24, 2.45) is 0 Å². The number of hydrogen-bond acceptors (Lipinski definition) is 3. The first-order valence-electron chi connectivity index (χ1n) is 7.03. The van der Waals surface area contributed by atoms with Gasteiger partial charge in [-0.3, -0.25) is 14.6 Å². The number of likely N-dealkylation sites (tertiary alicyclic amines) is 1. The Hall–Kier alpha value is -0.810. The lowest BCUT2D eigenvalue weighted by Gasteiger charge is -2.36. The van der Waals surface area contributed by atoms with Gasteiger partial charge in [-0.1, -0.05) is 23.2 Å². The second kappa shape index (κ2) is 7.45. The molecule has 0 spiro atoms. The van der Waals surface area contributed by atoms with Gasteiger partial charge in [-0.25, -0.2) is 0 Å². The zero-order valence-corrected chi connectivity index (χ0v) is 13.6. The van der Waals surface area contributed by atoms with Crippen LogP contribution in [0.4, 0.5) is 0 Å². The van der Waals surface area contributed by atoms with Crippen LogP contribution in [0.25, 0.3) is 0 Å². The highest BCUT2D eigenvalue weighted by molar-refractivity contribution is 6.34. The van der Waals surface area contributed by atoms with E-state index in [2.05, 4.69) is 4.90 Å². The summed E-state index contributed by atoms with van der Waals surface area (Å²) in [6, 6.07) is 5.96. The minimum atomic E-state index is -0.770. The van der Waals surface area contributed by atoms with Crippen molar-refractivity contribution in [1.82, 2.24) is 9.80 Å². The van der Waals surface area contributed by atoms with Crippen LogP contribution in [0.2, 0.25) is 10.0 Å². The van der Waals surface area contributed by atoms with Gasteiger partial charge in [-0.05, 0) is 56.7 Å². The number of rotatable bonds is 5. The lowest BCUT2D eigenvalue weighted by Crippen LogP contribution is -2.44. The van der Waals surface area contributed by atoms with Crippen molar-refractivity contribution in [2.45, 2.75) is 25.4 Å². The number of aliphatic carboxylic acids is 1. The molecule has 0 aliphatic carbocycles. The summed E-state index contributed by atoms with van der Waals surface area (Å²) >= 11 is 12.0. The Labute approximate surface area is 135 Å². The highest BCUT2D eigenvalue weighted by Gasteiger charge is 2.23. The number of carboxylic acids is 1. The Morgan fingerprint density at radius 3 is 2.38 bits per heavy atom. The second-order valence-electron chi connectivity index (χ2n) is 5.59. The SMILES string of the molecule is CN(CC(=O)O)C1CCN(Cc2cc(Cl)cc(Cl)c2)CC1. The standard InChI is InChI=1S/C15H20Cl2N2O2/c1-18(10-15(20)21)14-2-4-19(5-3-14)9-11-6-12(16)8-13(17)7-11/h6-8,14H,2-5,9-10H2,1H3,(H,20,21). The predicted octanol–water partition coefficient (Wildman–Crippen LogP) is 2.97. The third kappa shape index (κ3) is 5.15. The van der Waals surface area contributed by atoms with Gasteiger partial charge in [0.15, 0.2) is 0 Å². The number of hydrogen-bond donors (Lipinski definition) is 1. The molecule has 6 heteroatoms. The largest absolute Gasteiger partial charge is 0.480 e. The van der Waals surface area contributed by atoms with Crippen molar-refractivity contribution >= 4 is 29.2 Å². The van der Waals surface area contributed by atoms with E-state index in [1.807, 2.05) is 24.1 Å². The second-order valence-corrected chi connectivity index (χ2v) is 6.47. The number of carbonyl (C=O) groups is 1. The number of nitrogens with zero attached hydrogens (tertiary/aromatic N) is 2. The number of carboxylic acid groups (broad SMARTS) is 1. The summed E-state index contributed by atoms with van der Waals surface area (Å²) in [6.07, 6.45) is 1.97. The minimum absolute atomic E-state index is 0.106. The molecule has 0 saturated carbocycles. The molecule has 4 nitrogen and oxygen atoms in total. The average Bonchev–Trinajstić information content (AvgIpc) is 2.37. The molecule has 1 aliphatic rings. The van der Waals surface area contributed by atoms with E-state index in [1.165, 1.54) is 0 Å². The Kier molecular flexibility index (Phi) is 5.88. The molecule has 0 atom stereocenters. The molecular weight excluding hydrogens is 311 g/mol. The molecule has 1 saturated heterocycles. The molecule has 21 heavy (non-hydrogen) atoms. The maximum atomic E-state index is 10.7. The van der Waals surface area contributed by atoms with E-state index in [4.69, 9.17) is 28.3 Å². The van der Waals surface area contributed by atoms with E-state index >= 15 is 0 Å². The first-order valence-corrected chi connectivity index (χ1v) is 7.79. The van der Waals surface area contributed by atoms with Crippen LogP contribution in [0.1, 0.15) is 18.4 Å². The molecule has 1 N–H and O–H groups in total. The number of halogens is 2. The summed E-state index contributed by atoms with van der Waals surface area (Å²) in [7, 11) is 1.88. The van der Waals surface area contributed by atoms with Crippen LogP contribution in [0.3, 0.4) is 0 Å². The quantitative estimate of drug-likeness (QED) is 0.901. The first kappa shape index (κ1) is 16.6. The van der Waals surface area contributed by atoms with Crippen LogP contribution >= 0.6 is 23.2 Å². The average molecular weight is 331 g/mol. The van der Waals surface area contributed by atoms with Gasteiger partial charge in [0, 0.05) is 22.6 Å². The Balaban J connectivity index is 1.85. The van der Waals surface area contributed by atoms with E-state index in [0.717, 1.165) is 38.0 Å². The predicted molar refractivity (Wildman–Crippen MR) is 85.0 cm³/mol. The minimum Gasteiger partial charge on any atom is -0.480 e. The van der Waals surface area contributed by atoms with E-state index in [9.17, 15) is 4.79 Å². The van der Waals surface area contributed by atoms with Crippen molar-refractivity contribution in [3.63, 3.8) is 0 Å². The zero-order chi connectivity index (χ0) is 15.4. The molecule has 0 amide bonds. The fraction of sp³-hybridized carbons (Fsp3) is 0.533. The first-order chi connectivity index (χ1) is 9.94. The van der Waals surface area contributed by atoms with E-state index < -0.39 is 5.97 Å². The van der Waals surface area contributed by atoms with Crippen LogP contribution < -0.4 is 0 Å². The molecule has 2 rings (SSSR count). The Morgan fingerprint density at radius 2 is 1.86 bits per heavy atom. The molecule has 1 heterocycles. The summed E-state index contributed by atoms with van der Waals surface area (Å²) in [5.41, 5.74) is 1.12. The summed E-state index contributed by atoms with van der Waals surface area (Å²) in [5.74, 6) is -0.770. The summed E-state index contributed by atoms with van der Waals surface area (Å²) in [5, 5.41) is 10.2. The normalized spacial score (nSPS) is 17.3. The Morgan fingerprint density at radius 1 is 1.29 bits per heavy atom. The fourth-order valence-electron chi connectivity index (χ4n) is 2.82. The van der Waals surface area contributed by atoms with Crippen LogP contribution in [0.15, 0.2) is 18.2 Å². The topological polar surface area (TPSA) is 43.8 Å². The smallest absolute Gasteiger partial charge is 0.317 e. The molecule has 1 aliphatic heterocycles. The lowest BCUT2D eigenvalue weighted by atomic mass is 10.0. The monoisotopic (exact) mass is 330 g/mol. The molecule has 1 aromatic rings. The van der Waals surface area contributed by atoms with Crippen molar-refractivity contribution in [3.8, 4) is 0 Å². The Bertz CT molecular complexity index is 482. The molecule has 1 fully saturated rings. The maximum Gasteiger partial charge on any atom is 0.317 e. The third-order valence-electron chi connectivity index (χ3n) is 3.89. The highest BCUT2D eigenvalue weighted by Crippen LogP contribution is 2.22. The molecular formula is C15H20Cl2N2O2. The van der Waals surface area contributed by atoms with Crippen LogP contribution in [0.5, 0.6) is 0 Å². The van der Waals surface area contributed by atoms with Crippen LogP contribution in [-0.4, -0.2) is 53.6 Å². The van der Waals surface area contributed by atoms with Crippen molar-refractivity contribution in [1.29, 1.82) is 0 Å².